The molecule has 5 nitrogen and oxygen atoms in total. The fourth-order valence-electron chi connectivity index (χ4n) is 4.53. The third kappa shape index (κ3) is 5.18. The smallest absolute Gasteiger partial charge is 0.394 e. The Balaban J connectivity index is 2.24. The van der Waals surface area contributed by atoms with Crippen LogP contribution < -0.4 is 9.64 Å². The summed E-state index contributed by atoms with van der Waals surface area (Å²) in [6.45, 7) is 10.8. The molecular formula is C26H31F2NO4. The van der Waals surface area contributed by atoms with E-state index in [1.165, 1.54) is 6.07 Å². The Labute approximate surface area is 193 Å². The lowest BCUT2D eigenvalue weighted by atomic mass is 9.75. The van der Waals surface area contributed by atoms with Crippen molar-refractivity contribution in [3.05, 3.63) is 47.0 Å². The van der Waals surface area contributed by atoms with Gasteiger partial charge in [-0.05, 0) is 60.2 Å². The zero-order valence-electron chi connectivity index (χ0n) is 20.0. The van der Waals surface area contributed by atoms with E-state index in [9.17, 15) is 23.5 Å². The van der Waals surface area contributed by atoms with Gasteiger partial charge in [-0.3, -0.25) is 9.59 Å². The molecule has 1 atom stereocenters. The highest BCUT2D eigenvalue weighted by Gasteiger charge is 2.37. The van der Waals surface area contributed by atoms with Crippen LogP contribution in [0.25, 0.3) is 11.1 Å². The number of anilines is 1. The van der Waals surface area contributed by atoms with Crippen molar-refractivity contribution in [1.29, 1.82) is 0 Å². The summed E-state index contributed by atoms with van der Waals surface area (Å²) in [6, 6.07) is 8.69. The number of rotatable bonds is 7. The molecule has 33 heavy (non-hydrogen) atoms. The van der Waals surface area contributed by atoms with E-state index in [0.717, 1.165) is 16.8 Å². The van der Waals surface area contributed by atoms with Crippen molar-refractivity contribution in [2.75, 3.05) is 11.4 Å². The van der Waals surface area contributed by atoms with Gasteiger partial charge in [-0.25, -0.2) is 0 Å². The number of amides is 1. The van der Waals surface area contributed by atoms with Crippen LogP contribution in [-0.2, 0) is 15.0 Å². The van der Waals surface area contributed by atoms with Crippen molar-refractivity contribution in [3.8, 4) is 16.9 Å². The lowest BCUT2D eigenvalue weighted by Gasteiger charge is -2.39. The summed E-state index contributed by atoms with van der Waals surface area (Å²) >= 11 is 0. The molecule has 1 heterocycles. The molecule has 1 amide bonds. The highest BCUT2D eigenvalue weighted by molar-refractivity contribution is 5.99. The first-order valence-electron chi connectivity index (χ1n) is 11.1. The van der Waals surface area contributed by atoms with Gasteiger partial charge in [0, 0.05) is 36.6 Å². The third-order valence-corrected chi connectivity index (χ3v) is 6.21. The lowest BCUT2D eigenvalue weighted by Crippen LogP contribution is -2.41. The van der Waals surface area contributed by atoms with Crippen LogP contribution in [0, 0.1) is 6.92 Å². The fraction of sp³-hybridized carbons (Fsp3) is 0.462. The summed E-state index contributed by atoms with van der Waals surface area (Å²) in [5, 5.41) is 9.18. The van der Waals surface area contributed by atoms with Crippen molar-refractivity contribution >= 4 is 17.6 Å². The van der Waals surface area contributed by atoms with E-state index in [2.05, 4.69) is 0 Å². The lowest BCUT2D eigenvalue weighted by molar-refractivity contribution is -0.158. The van der Waals surface area contributed by atoms with Gasteiger partial charge in [-0.15, -0.1) is 0 Å². The summed E-state index contributed by atoms with van der Waals surface area (Å²) in [5.74, 6) is -1.23. The minimum absolute atomic E-state index is 0.00118. The van der Waals surface area contributed by atoms with Gasteiger partial charge < -0.3 is 14.7 Å². The second-order valence-electron chi connectivity index (χ2n) is 9.55. The molecule has 0 aromatic heterocycles. The number of carboxylic acids is 1. The molecule has 0 bridgehead atoms. The molecule has 1 aliphatic heterocycles. The second kappa shape index (κ2) is 8.76. The molecule has 0 spiro atoms. The van der Waals surface area contributed by atoms with Crippen LogP contribution in [-0.4, -0.2) is 29.6 Å². The zero-order chi connectivity index (χ0) is 24.7. The second-order valence-corrected chi connectivity index (χ2v) is 9.55. The number of hydrogen-bond donors (Lipinski definition) is 1. The number of carboxylic acid groups (broad SMARTS) is 1. The van der Waals surface area contributed by atoms with Crippen LogP contribution in [0.2, 0.25) is 0 Å². The Bertz CT molecular complexity index is 1090. The van der Waals surface area contributed by atoms with Crippen molar-refractivity contribution in [2.24, 2.45) is 0 Å². The monoisotopic (exact) mass is 459 g/mol. The molecule has 0 fully saturated rings. The maximum absolute atomic E-state index is 13.8. The molecule has 1 aliphatic rings. The summed E-state index contributed by atoms with van der Waals surface area (Å²) < 4.78 is 32.6. The molecule has 0 saturated carbocycles. The van der Waals surface area contributed by atoms with Gasteiger partial charge in [0.25, 0.3) is 0 Å². The largest absolute Gasteiger partial charge is 0.481 e. The predicted molar refractivity (Wildman–Crippen MR) is 124 cm³/mol. The maximum atomic E-state index is 13.8. The predicted octanol–water partition coefficient (Wildman–Crippen LogP) is 6.27. The fourth-order valence-corrected chi connectivity index (χ4v) is 4.53. The summed E-state index contributed by atoms with van der Waals surface area (Å²) in [5.41, 5.74) is 4.12. The van der Waals surface area contributed by atoms with Crippen LogP contribution in [0.4, 0.5) is 14.5 Å². The van der Waals surface area contributed by atoms with Crippen molar-refractivity contribution in [3.63, 3.8) is 0 Å². The summed E-state index contributed by atoms with van der Waals surface area (Å²) in [6.07, 6.45) is -3.08. The number of ether oxygens (including phenoxy) is 1. The molecule has 3 rings (SSSR count). The Morgan fingerprint density at radius 3 is 2.48 bits per heavy atom. The summed E-state index contributed by atoms with van der Waals surface area (Å²) in [7, 11) is 0. The standard InChI is InChI=1S/C26H31F2NO4/c1-7-29-21-13-18(16(3)10-20(21)25(4,5)14-23(29)30)19-12-17(15(2)11-24(31)32)8-9-22(19)33-26(6,27)28/h8-10,12-13,15H,7,11,14H2,1-6H3,(H,31,32). The molecule has 178 valence electrons. The number of aliphatic carboxylic acids is 1. The normalized spacial score (nSPS) is 16.4. The van der Waals surface area contributed by atoms with Gasteiger partial charge in [0.05, 0.1) is 6.42 Å². The van der Waals surface area contributed by atoms with E-state index in [1.54, 1.807) is 24.0 Å². The number of carbonyl (C=O) groups excluding carboxylic acids is 1. The number of aryl methyl sites for hydroxylation is 1. The van der Waals surface area contributed by atoms with E-state index in [0.29, 0.717) is 36.6 Å². The number of nitrogens with zero attached hydrogens (tertiary/aromatic N) is 1. The minimum Gasteiger partial charge on any atom is -0.481 e. The molecular weight excluding hydrogens is 428 g/mol. The Morgan fingerprint density at radius 1 is 1.24 bits per heavy atom. The van der Waals surface area contributed by atoms with Crippen molar-refractivity contribution in [1.82, 2.24) is 0 Å². The Kier molecular flexibility index (Phi) is 6.55. The van der Waals surface area contributed by atoms with Crippen LogP contribution in [0.1, 0.15) is 70.1 Å². The molecule has 0 radical (unpaired) electrons. The number of hydrogen-bond acceptors (Lipinski definition) is 3. The quantitative estimate of drug-likeness (QED) is 0.530. The van der Waals surface area contributed by atoms with E-state index in [1.807, 2.05) is 39.8 Å². The van der Waals surface area contributed by atoms with Crippen LogP contribution >= 0.6 is 0 Å². The first kappa shape index (κ1) is 24.7. The van der Waals surface area contributed by atoms with Gasteiger partial charge >= 0.3 is 12.1 Å². The zero-order valence-corrected chi connectivity index (χ0v) is 20.0. The first-order chi connectivity index (χ1) is 15.2. The number of benzene rings is 2. The average Bonchev–Trinajstić information content (AvgIpc) is 2.66. The highest BCUT2D eigenvalue weighted by Crippen LogP contribution is 2.45. The third-order valence-electron chi connectivity index (χ3n) is 6.21. The number of carbonyl (C=O) groups is 2. The van der Waals surface area contributed by atoms with Gasteiger partial charge in [0.2, 0.25) is 5.91 Å². The number of halogens is 2. The molecule has 7 heteroatoms. The van der Waals surface area contributed by atoms with Gasteiger partial charge in [0.15, 0.2) is 0 Å². The number of alkyl halides is 2. The number of fused-ring (bicyclic) bond motifs is 1. The van der Waals surface area contributed by atoms with Crippen LogP contribution in [0.15, 0.2) is 30.3 Å². The van der Waals surface area contributed by atoms with Gasteiger partial charge in [-0.2, -0.15) is 8.78 Å². The van der Waals surface area contributed by atoms with E-state index in [-0.39, 0.29) is 29.4 Å². The highest BCUT2D eigenvalue weighted by atomic mass is 19.3. The SMILES string of the molecule is CCN1C(=O)CC(C)(C)c2cc(C)c(-c3cc(C(C)CC(=O)O)ccc3OC(C)(F)F)cc21. The van der Waals surface area contributed by atoms with Crippen LogP contribution in [0.5, 0.6) is 5.75 Å². The van der Waals surface area contributed by atoms with Crippen molar-refractivity contribution in [2.45, 2.75) is 71.8 Å². The molecule has 0 saturated heterocycles. The van der Waals surface area contributed by atoms with E-state index in [4.69, 9.17) is 4.74 Å². The van der Waals surface area contributed by atoms with Crippen LogP contribution in [0.3, 0.4) is 0 Å². The van der Waals surface area contributed by atoms with Crippen molar-refractivity contribution < 1.29 is 28.2 Å². The first-order valence-corrected chi connectivity index (χ1v) is 11.1. The minimum atomic E-state index is -3.39. The topological polar surface area (TPSA) is 66.8 Å². The van der Waals surface area contributed by atoms with Gasteiger partial charge in [-0.1, -0.05) is 32.9 Å². The molecule has 2 aromatic rings. The molecule has 1 N–H and O–H groups in total. The molecule has 1 unspecified atom stereocenters. The Hall–Kier alpha value is -2.96. The molecule has 2 aromatic carbocycles. The Morgan fingerprint density at radius 2 is 1.91 bits per heavy atom. The van der Waals surface area contributed by atoms with E-state index < -0.39 is 12.1 Å². The maximum Gasteiger partial charge on any atom is 0.394 e. The van der Waals surface area contributed by atoms with E-state index >= 15 is 0 Å². The van der Waals surface area contributed by atoms with Gasteiger partial charge in [0.1, 0.15) is 5.75 Å². The summed E-state index contributed by atoms with van der Waals surface area (Å²) in [4.78, 5) is 25.7. The molecule has 0 aliphatic carbocycles. The average molecular weight is 460 g/mol.